The van der Waals surface area contributed by atoms with Crippen molar-refractivity contribution in [1.29, 1.82) is 0 Å². The molecule has 0 fully saturated rings. The van der Waals surface area contributed by atoms with E-state index in [2.05, 4.69) is 11.9 Å². The first-order valence-corrected chi connectivity index (χ1v) is 9.23. The average molecular weight is 392 g/mol. The van der Waals surface area contributed by atoms with Crippen molar-refractivity contribution >= 4 is 29.7 Å². The molecule has 148 valence electrons. The number of nitrogens with zero attached hydrogens (tertiary/aromatic N) is 2. The van der Waals surface area contributed by atoms with Gasteiger partial charge in [-0.3, -0.25) is 10.1 Å². The number of cyclic esters (lactones) is 1. The number of unbranched alkanes of at least 4 members (excludes halogenated alkanes) is 1. The Morgan fingerprint density at radius 2 is 1.93 bits per heavy atom. The van der Waals surface area contributed by atoms with Crippen molar-refractivity contribution in [3.8, 4) is 5.75 Å². The highest BCUT2D eigenvalue weighted by Gasteiger charge is 2.21. The standard InChI is InChI=1S/C22H20N2O5/c1-2-3-13-28-19-10-7-17(8-11-19)15-20-22(25)29-21(23-20)12-9-16-5-4-6-18(14-16)24(26)27/h4-12,14-15H,2-3,13H2,1H3/b12-9+,20-15-. The maximum atomic E-state index is 12.0. The number of nitro benzene ring substituents is 1. The number of benzene rings is 2. The quantitative estimate of drug-likeness (QED) is 0.212. The van der Waals surface area contributed by atoms with Crippen LogP contribution in [0.3, 0.4) is 0 Å². The van der Waals surface area contributed by atoms with E-state index in [0.29, 0.717) is 12.2 Å². The van der Waals surface area contributed by atoms with Crippen LogP contribution in [-0.2, 0) is 9.53 Å². The van der Waals surface area contributed by atoms with Crippen LogP contribution in [0.2, 0.25) is 0 Å². The van der Waals surface area contributed by atoms with Gasteiger partial charge in [0.15, 0.2) is 5.70 Å². The first-order valence-electron chi connectivity index (χ1n) is 9.23. The van der Waals surface area contributed by atoms with Crippen LogP contribution < -0.4 is 4.74 Å². The van der Waals surface area contributed by atoms with E-state index in [0.717, 1.165) is 24.2 Å². The number of ether oxygens (including phenoxy) is 2. The van der Waals surface area contributed by atoms with Crippen LogP contribution in [0.4, 0.5) is 5.69 Å². The third-order valence-corrected chi connectivity index (χ3v) is 4.09. The van der Waals surface area contributed by atoms with Crippen molar-refractivity contribution in [2.24, 2.45) is 4.99 Å². The molecule has 0 bridgehead atoms. The molecule has 7 nitrogen and oxygen atoms in total. The van der Waals surface area contributed by atoms with Crippen molar-refractivity contribution in [3.05, 3.63) is 81.5 Å². The van der Waals surface area contributed by atoms with Crippen LogP contribution in [0.1, 0.15) is 30.9 Å². The van der Waals surface area contributed by atoms with Crippen LogP contribution >= 0.6 is 0 Å². The Labute approximate surface area is 168 Å². The normalized spacial score (nSPS) is 14.9. The van der Waals surface area contributed by atoms with Crippen LogP contribution in [0.15, 0.2) is 65.3 Å². The minimum atomic E-state index is -0.549. The molecule has 0 saturated carbocycles. The summed E-state index contributed by atoms with van der Waals surface area (Å²) in [5.74, 6) is 0.359. The van der Waals surface area contributed by atoms with Crippen LogP contribution in [-0.4, -0.2) is 23.4 Å². The molecule has 1 aliphatic heterocycles. The maximum Gasteiger partial charge on any atom is 0.363 e. The molecular formula is C22H20N2O5. The summed E-state index contributed by atoms with van der Waals surface area (Å²) in [4.78, 5) is 26.6. The summed E-state index contributed by atoms with van der Waals surface area (Å²) < 4.78 is 10.7. The summed E-state index contributed by atoms with van der Waals surface area (Å²) in [6, 6.07) is 13.5. The Kier molecular flexibility index (Phi) is 6.52. The van der Waals surface area contributed by atoms with E-state index in [1.807, 2.05) is 24.3 Å². The molecule has 7 heteroatoms. The van der Waals surface area contributed by atoms with Crippen molar-refractivity contribution < 1.29 is 19.2 Å². The summed E-state index contributed by atoms with van der Waals surface area (Å²) in [5, 5.41) is 10.8. The first-order chi connectivity index (χ1) is 14.0. The van der Waals surface area contributed by atoms with Gasteiger partial charge < -0.3 is 9.47 Å². The minimum Gasteiger partial charge on any atom is -0.494 e. The van der Waals surface area contributed by atoms with E-state index in [1.54, 1.807) is 24.3 Å². The molecule has 1 heterocycles. The Balaban J connectivity index is 1.69. The molecule has 0 spiro atoms. The zero-order valence-corrected chi connectivity index (χ0v) is 15.9. The fourth-order valence-electron chi connectivity index (χ4n) is 2.56. The minimum absolute atomic E-state index is 0.0137. The number of nitro groups is 1. The molecule has 0 radical (unpaired) electrons. The Morgan fingerprint density at radius 1 is 1.14 bits per heavy atom. The number of rotatable bonds is 8. The molecular weight excluding hydrogens is 372 g/mol. The smallest absolute Gasteiger partial charge is 0.363 e. The molecule has 29 heavy (non-hydrogen) atoms. The second kappa shape index (κ2) is 9.45. The Hall–Kier alpha value is -3.74. The van der Waals surface area contributed by atoms with E-state index >= 15 is 0 Å². The van der Waals surface area contributed by atoms with E-state index in [-0.39, 0.29) is 17.3 Å². The van der Waals surface area contributed by atoms with Crippen molar-refractivity contribution in [3.63, 3.8) is 0 Å². The first kappa shape index (κ1) is 20.0. The predicted molar refractivity (Wildman–Crippen MR) is 110 cm³/mol. The Bertz CT molecular complexity index is 991. The molecule has 0 N–H and O–H groups in total. The predicted octanol–water partition coefficient (Wildman–Crippen LogP) is 4.78. The van der Waals surface area contributed by atoms with Gasteiger partial charge in [0.1, 0.15) is 5.75 Å². The van der Waals surface area contributed by atoms with Gasteiger partial charge in [-0.1, -0.05) is 37.6 Å². The lowest BCUT2D eigenvalue weighted by Crippen LogP contribution is -2.01. The topological polar surface area (TPSA) is 91.0 Å². The Morgan fingerprint density at radius 3 is 2.66 bits per heavy atom. The monoisotopic (exact) mass is 392 g/mol. The molecule has 0 aromatic heterocycles. The second-order valence-corrected chi connectivity index (χ2v) is 6.33. The summed E-state index contributed by atoms with van der Waals surface area (Å²) in [6.07, 6.45) is 6.81. The van der Waals surface area contributed by atoms with Crippen molar-refractivity contribution in [2.75, 3.05) is 6.61 Å². The molecule has 0 unspecified atom stereocenters. The number of hydrogen-bond donors (Lipinski definition) is 0. The SMILES string of the molecule is CCCCOc1ccc(/C=C2N=C(/C=C/c3cccc([N+](=O)[O-])c3)OC\2=O)cc1. The van der Waals surface area contributed by atoms with Crippen molar-refractivity contribution in [2.45, 2.75) is 19.8 Å². The van der Waals surface area contributed by atoms with Gasteiger partial charge in [0, 0.05) is 18.2 Å². The average Bonchev–Trinajstić information content (AvgIpc) is 3.07. The number of aliphatic imine (C=N–C) groups is 1. The van der Waals surface area contributed by atoms with Crippen LogP contribution in [0.25, 0.3) is 12.2 Å². The summed E-state index contributed by atoms with van der Waals surface area (Å²) in [7, 11) is 0. The largest absolute Gasteiger partial charge is 0.494 e. The third-order valence-electron chi connectivity index (χ3n) is 4.09. The van der Waals surface area contributed by atoms with Crippen molar-refractivity contribution in [1.82, 2.24) is 0 Å². The summed E-state index contributed by atoms with van der Waals surface area (Å²) in [5.41, 5.74) is 1.57. The van der Waals surface area contributed by atoms with Crippen LogP contribution in [0, 0.1) is 10.1 Å². The maximum absolute atomic E-state index is 12.0. The summed E-state index contributed by atoms with van der Waals surface area (Å²) in [6.45, 7) is 2.78. The van der Waals surface area contributed by atoms with E-state index in [1.165, 1.54) is 18.2 Å². The zero-order chi connectivity index (χ0) is 20.6. The fourth-order valence-corrected chi connectivity index (χ4v) is 2.56. The fraction of sp³-hybridized carbons (Fsp3) is 0.182. The third kappa shape index (κ3) is 5.62. The molecule has 2 aromatic carbocycles. The van der Waals surface area contributed by atoms with Gasteiger partial charge in [0.25, 0.3) is 5.69 Å². The molecule has 0 amide bonds. The summed E-state index contributed by atoms with van der Waals surface area (Å²) >= 11 is 0. The molecule has 3 rings (SSSR count). The molecule has 0 atom stereocenters. The molecule has 2 aromatic rings. The molecule has 1 aliphatic rings. The van der Waals surface area contributed by atoms with Gasteiger partial charge in [0.05, 0.1) is 11.5 Å². The van der Waals surface area contributed by atoms with E-state index in [4.69, 9.17) is 9.47 Å². The van der Waals surface area contributed by atoms with E-state index in [9.17, 15) is 14.9 Å². The van der Waals surface area contributed by atoms with Gasteiger partial charge in [-0.15, -0.1) is 0 Å². The lowest BCUT2D eigenvalue weighted by Gasteiger charge is -2.05. The van der Waals surface area contributed by atoms with Crippen LogP contribution in [0.5, 0.6) is 5.75 Å². The van der Waals surface area contributed by atoms with Gasteiger partial charge in [-0.25, -0.2) is 9.79 Å². The highest BCUT2D eigenvalue weighted by atomic mass is 16.6. The number of carbonyl (C=O) groups is 1. The highest BCUT2D eigenvalue weighted by Crippen LogP contribution is 2.20. The number of non-ortho nitro benzene ring substituents is 1. The zero-order valence-electron chi connectivity index (χ0n) is 15.9. The second-order valence-electron chi connectivity index (χ2n) is 6.33. The number of carbonyl (C=O) groups excluding carboxylic acids is 1. The van der Waals surface area contributed by atoms with Gasteiger partial charge in [-0.05, 0) is 41.8 Å². The molecule has 0 aliphatic carbocycles. The highest BCUT2D eigenvalue weighted by molar-refractivity contribution is 6.11. The number of esters is 1. The van der Waals surface area contributed by atoms with Gasteiger partial charge in [-0.2, -0.15) is 0 Å². The lowest BCUT2D eigenvalue weighted by atomic mass is 10.2. The molecule has 0 saturated heterocycles. The lowest BCUT2D eigenvalue weighted by molar-refractivity contribution is -0.384. The number of hydrogen-bond acceptors (Lipinski definition) is 6. The van der Waals surface area contributed by atoms with E-state index < -0.39 is 10.9 Å². The van der Waals surface area contributed by atoms with Gasteiger partial charge >= 0.3 is 5.97 Å². The van der Waals surface area contributed by atoms with Gasteiger partial charge in [0.2, 0.25) is 5.90 Å².